The van der Waals surface area contributed by atoms with Gasteiger partial charge in [0, 0.05) is 13.5 Å². The quantitative estimate of drug-likeness (QED) is 0.360. The van der Waals surface area contributed by atoms with E-state index in [0.29, 0.717) is 30.9 Å². The van der Waals surface area contributed by atoms with Crippen LogP contribution in [0.4, 0.5) is 0 Å². The predicted octanol–water partition coefficient (Wildman–Crippen LogP) is 1.49. The molecule has 1 rings (SSSR count). The number of amides is 1. The van der Waals surface area contributed by atoms with Crippen LogP contribution in [-0.2, 0) is 4.79 Å². The van der Waals surface area contributed by atoms with Crippen LogP contribution in [0, 0.1) is 6.92 Å². The molecule has 5 nitrogen and oxygen atoms in total. The van der Waals surface area contributed by atoms with Gasteiger partial charge in [-0.05, 0) is 31.0 Å². The highest BCUT2D eigenvalue weighted by Crippen LogP contribution is 2.27. The smallest absolute Gasteiger partial charge is 0.236 e. The van der Waals surface area contributed by atoms with Gasteiger partial charge in [0.05, 0.1) is 13.7 Å². The lowest BCUT2D eigenvalue weighted by Gasteiger charge is -2.12. The van der Waals surface area contributed by atoms with E-state index >= 15 is 0 Å². The molecule has 5 heteroatoms. The summed E-state index contributed by atoms with van der Waals surface area (Å²) in [7, 11) is 3.14. The number of hydrazine groups is 1. The molecule has 1 aromatic carbocycles. The van der Waals surface area contributed by atoms with Gasteiger partial charge in [-0.25, -0.2) is 5.84 Å². The van der Waals surface area contributed by atoms with Gasteiger partial charge in [0.2, 0.25) is 5.91 Å². The number of hydrogen-bond donors (Lipinski definition) is 1. The molecule has 18 heavy (non-hydrogen) atoms. The number of nitrogens with zero attached hydrogens (tertiary/aromatic N) is 1. The third-order valence-corrected chi connectivity index (χ3v) is 2.51. The van der Waals surface area contributed by atoms with E-state index in [1.165, 1.54) is 7.05 Å². The molecule has 0 bridgehead atoms. The molecule has 0 saturated heterocycles. The van der Waals surface area contributed by atoms with E-state index in [1.807, 2.05) is 25.1 Å². The summed E-state index contributed by atoms with van der Waals surface area (Å²) < 4.78 is 10.8. The summed E-state index contributed by atoms with van der Waals surface area (Å²) >= 11 is 0. The van der Waals surface area contributed by atoms with Crippen molar-refractivity contribution < 1.29 is 14.3 Å². The van der Waals surface area contributed by atoms with Crippen molar-refractivity contribution in [3.63, 3.8) is 0 Å². The molecule has 0 heterocycles. The standard InChI is InChI=1S/C13H20N2O3/c1-10-6-7-11(12(9-10)17-3)18-8-4-5-13(16)15(2)14/h6-7,9H,4-5,8,14H2,1-3H3. The second kappa shape index (κ2) is 6.86. The summed E-state index contributed by atoms with van der Waals surface area (Å²) in [5.41, 5.74) is 1.11. The molecule has 0 saturated carbocycles. The first kappa shape index (κ1) is 14.3. The van der Waals surface area contributed by atoms with Gasteiger partial charge in [0.1, 0.15) is 0 Å². The summed E-state index contributed by atoms with van der Waals surface area (Å²) in [5.74, 6) is 6.61. The minimum Gasteiger partial charge on any atom is -0.493 e. The average Bonchev–Trinajstić information content (AvgIpc) is 2.35. The fourth-order valence-electron chi connectivity index (χ4n) is 1.48. The minimum absolute atomic E-state index is 0.102. The van der Waals surface area contributed by atoms with Crippen LogP contribution in [0.25, 0.3) is 0 Å². The Bertz CT molecular complexity index is 405. The number of benzene rings is 1. The van der Waals surface area contributed by atoms with Crippen LogP contribution >= 0.6 is 0 Å². The Labute approximate surface area is 107 Å². The van der Waals surface area contributed by atoms with Gasteiger partial charge in [-0.15, -0.1) is 0 Å². The Balaban J connectivity index is 2.42. The highest BCUT2D eigenvalue weighted by molar-refractivity contribution is 5.75. The molecule has 0 aliphatic rings. The van der Waals surface area contributed by atoms with Gasteiger partial charge in [0.25, 0.3) is 0 Å². The number of hydrogen-bond acceptors (Lipinski definition) is 4. The fraction of sp³-hybridized carbons (Fsp3) is 0.462. The second-order valence-corrected chi connectivity index (χ2v) is 4.11. The zero-order valence-corrected chi connectivity index (χ0v) is 11.1. The Morgan fingerprint density at radius 3 is 2.72 bits per heavy atom. The molecule has 0 spiro atoms. The van der Waals surface area contributed by atoms with E-state index in [-0.39, 0.29) is 5.91 Å². The zero-order chi connectivity index (χ0) is 13.5. The topological polar surface area (TPSA) is 64.8 Å². The summed E-state index contributed by atoms with van der Waals surface area (Å²) in [6.07, 6.45) is 0.999. The van der Waals surface area contributed by atoms with E-state index in [2.05, 4.69) is 0 Å². The monoisotopic (exact) mass is 252 g/mol. The zero-order valence-electron chi connectivity index (χ0n) is 11.1. The number of nitrogens with two attached hydrogens (primary N) is 1. The van der Waals surface area contributed by atoms with Crippen LogP contribution in [0.1, 0.15) is 18.4 Å². The molecule has 0 unspecified atom stereocenters. The lowest BCUT2D eigenvalue weighted by atomic mass is 10.2. The van der Waals surface area contributed by atoms with Gasteiger partial charge in [-0.3, -0.25) is 9.80 Å². The number of ether oxygens (including phenoxy) is 2. The largest absolute Gasteiger partial charge is 0.493 e. The van der Waals surface area contributed by atoms with Crippen molar-refractivity contribution in [2.24, 2.45) is 5.84 Å². The van der Waals surface area contributed by atoms with Crippen molar-refractivity contribution in [2.75, 3.05) is 20.8 Å². The number of methoxy groups -OCH3 is 1. The van der Waals surface area contributed by atoms with Crippen LogP contribution in [0.15, 0.2) is 18.2 Å². The molecule has 1 amide bonds. The number of carbonyl (C=O) groups is 1. The van der Waals surface area contributed by atoms with Crippen molar-refractivity contribution in [1.82, 2.24) is 5.01 Å². The van der Waals surface area contributed by atoms with E-state index in [0.717, 1.165) is 10.6 Å². The van der Waals surface area contributed by atoms with Gasteiger partial charge in [0.15, 0.2) is 11.5 Å². The van der Waals surface area contributed by atoms with Crippen LogP contribution in [0.5, 0.6) is 11.5 Å². The van der Waals surface area contributed by atoms with Crippen molar-refractivity contribution >= 4 is 5.91 Å². The summed E-state index contributed by atoms with van der Waals surface area (Å²) in [5, 5.41) is 1.09. The van der Waals surface area contributed by atoms with Gasteiger partial charge in [-0.1, -0.05) is 6.07 Å². The Morgan fingerprint density at radius 2 is 2.11 bits per heavy atom. The third-order valence-electron chi connectivity index (χ3n) is 2.51. The molecule has 0 radical (unpaired) electrons. The molecule has 0 fully saturated rings. The second-order valence-electron chi connectivity index (χ2n) is 4.11. The summed E-state index contributed by atoms with van der Waals surface area (Å²) in [6, 6.07) is 5.73. The van der Waals surface area contributed by atoms with Crippen LogP contribution in [-0.4, -0.2) is 31.7 Å². The maximum atomic E-state index is 11.2. The van der Waals surface area contributed by atoms with Gasteiger partial charge < -0.3 is 9.47 Å². The highest BCUT2D eigenvalue weighted by atomic mass is 16.5. The Morgan fingerprint density at radius 1 is 1.39 bits per heavy atom. The molecule has 0 atom stereocenters. The van der Waals surface area contributed by atoms with Crippen LogP contribution < -0.4 is 15.3 Å². The normalized spacial score (nSPS) is 10.0. The van der Waals surface area contributed by atoms with Crippen molar-refractivity contribution in [3.05, 3.63) is 23.8 Å². The molecular formula is C13H20N2O3. The molecule has 0 aliphatic carbocycles. The van der Waals surface area contributed by atoms with Crippen LogP contribution in [0.2, 0.25) is 0 Å². The number of carbonyl (C=O) groups excluding carboxylic acids is 1. The first-order chi connectivity index (χ1) is 8.54. The number of aryl methyl sites for hydroxylation is 1. The van der Waals surface area contributed by atoms with E-state index in [1.54, 1.807) is 7.11 Å². The molecule has 0 aromatic heterocycles. The van der Waals surface area contributed by atoms with E-state index < -0.39 is 0 Å². The summed E-state index contributed by atoms with van der Waals surface area (Å²) in [6.45, 7) is 2.45. The molecule has 0 aliphatic heterocycles. The Kier molecular flexibility index (Phi) is 5.45. The minimum atomic E-state index is -0.102. The molecule has 2 N–H and O–H groups in total. The van der Waals surface area contributed by atoms with Crippen molar-refractivity contribution in [1.29, 1.82) is 0 Å². The molecular weight excluding hydrogens is 232 g/mol. The third kappa shape index (κ3) is 4.25. The van der Waals surface area contributed by atoms with Gasteiger partial charge in [-0.2, -0.15) is 0 Å². The summed E-state index contributed by atoms with van der Waals surface area (Å²) in [4.78, 5) is 11.2. The van der Waals surface area contributed by atoms with Crippen molar-refractivity contribution in [2.45, 2.75) is 19.8 Å². The molecule has 1 aromatic rings. The Hall–Kier alpha value is -1.75. The maximum Gasteiger partial charge on any atom is 0.236 e. The van der Waals surface area contributed by atoms with Gasteiger partial charge >= 0.3 is 0 Å². The maximum absolute atomic E-state index is 11.2. The SMILES string of the molecule is COc1cc(C)ccc1OCCCC(=O)N(C)N. The average molecular weight is 252 g/mol. The van der Waals surface area contributed by atoms with E-state index in [9.17, 15) is 4.79 Å². The lowest BCUT2D eigenvalue weighted by molar-refractivity contribution is -0.130. The fourth-order valence-corrected chi connectivity index (χ4v) is 1.48. The van der Waals surface area contributed by atoms with Crippen LogP contribution in [0.3, 0.4) is 0 Å². The molecule has 100 valence electrons. The first-order valence-corrected chi connectivity index (χ1v) is 5.83. The predicted molar refractivity (Wildman–Crippen MR) is 69.4 cm³/mol. The van der Waals surface area contributed by atoms with Crippen molar-refractivity contribution in [3.8, 4) is 11.5 Å². The number of rotatable bonds is 6. The lowest BCUT2D eigenvalue weighted by Crippen LogP contribution is -2.33. The van der Waals surface area contributed by atoms with E-state index in [4.69, 9.17) is 15.3 Å². The first-order valence-electron chi connectivity index (χ1n) is 5.83. The highest BCUT2D eigenvalue weighted by Gasteiger charge is 2.06.